The molecule has 1 rings (SSSR count). The van der Waals surface area contributed by atoms with Gasteiger partial charge in [0, 0.05) is 12.3 Å². The minimum Gasteiger partial charge on any atom is -0.447 e. The van der Waals surface area contributed by atoms with E-state index in [0.29, 0.717) is 13.2 Å². The highest BCUT2D eigenvalue weighted by molar-refractivity contribution is 5.85. The molecule has 4 nitrogen and oxygen atoms in total. The third kappa shape index (κ3) is 4.87. The lowest BCUT2D eigenvalue weighted by Crippen LogP contribution is -2.17. The van der Waals surface area contributed by atoms with Crippen molar-refractivity contribution in [3.8, 4) is 0 Å². The smallest absolute Gasteiger partial charge is 0.411 e. The summed E-state index contributed by atoms with van der Waals surface area (Å²) in [5.41, 5.74) is 2.89. The third-order valence-electron chi connectivity index (χ3n) is 2.29. The number of hydrogen-bond acceptors (Lipinski definition) is 3. The number of nitrogens with one attached hydrogen (secondary N) is 1. The Morgan fingerprint density at radius 2 is 2.06 bits per heavy atom. The fraction of sp³-hybridized carbons (Fsp3) is 0.462. The quantitative estimate of drug-likeness (QED) is 0.801. The second kappa shape index (κ2) is 6.91. The fourth-order valence-electron chi connectivity index (χ4n) is 1.35. The normalized spacial score (nSPS) is 10.1. The molecule has 0 aliphatic carbocycles. The van der Waals surface area contributed by atoms with Gasteiger partial charge in [0.1, 0.15) is 6.61 Å². The van der Waals surface area contributed by atoms with E-state index in [-0.39, 0.29) is 6.61 Å². The third-order valence-corrected chi connectivity index (χ3v) is 2.29. The Morgan fingerprint density at radius 3 is 2.76 bits per heavy atom. The van der Waals surface area contributed by atoms with Crippen LogP contribution in [0.2, 0.25) is 0 Å². The zero-order valence-corrected chi connectivity index (χ0v) is 10.6. The monoisotopic (exact) mass is 237 g/mol. The van der Waals surface area contributed by atoms with E-state index in [4.69, 9.17) is 9.47 Å². The van der Waals surface area contributed by atoms with Crippen molar-refractivity contribution in [1.29, 1.82) is 0 Å². The second-order valence-corrected chi connectivity index (χ2v) is 3.78. The van der Waals surface area contributed by atoms with Gasteiger partial charge in [-0.3, -0.25) is 5.32 Å². The topological polar surface area (TPSA) is 47.6 Å². The number of benzene rings is 1. The molecule has 0 unspecified atom stereocenters. The number of hydrogen-bond donors (Lipinski definition) is 1. The molecule has 0 radical (unpaired) electrons. The summed E-state index contributed by atoms with van der Waals surface area (Å²) in [4.78, 5) is 11.5. The molecule has 0 aliphatic heterocycles. The summed E-state index contributed by atoms with van der Waals surface area (Å²) in [5, 5.41) is 2.71. The Bertz CT molecular complexity index is 377. The maximum Gasteiger partial charge on any atom is 0.411 e. The number of aryl methyl sites for hydroxylation is 2. The van der Waals surface area contributed by atoms with E-state index in [2.05, 4.69) is 5.32 Å². The largest absolute Gasteiger partial charge is 0.447 e. The summed E-state index contributed by atoms with van der Waals surface area (Å²) in [7, 11) is 0. The van der Waals surface area contributed by atoms with Gasteiger partial charge in [0.05, 0.1) is 6.61 Å². The lowest BCUT2D eigenvalue weighted by molar-refractivity contribution is 0.0850. The van der Waals surface area contributed by atoms with E-state index in [1.807, 2.05) is 39.0 Å². The summed E-state index contributed by atoms with van der Waals surface area (Å²) >= 11 is 0. The standard InChI is InChI=1S/C13H19NO3/c1-4-16-7-8-17-13(15)14-12-9-10(2)5-6-11(12)3/h5-6,9H,4,7-8H2,1-3H3,(H,14,15). The molecule has 0 heterocycles. The highest BCUT2D eigenvalue weighted by Gasteiger charge is 2.05. The molecular weight excluding hydrogens is 218 g/mol. The van der Waals surface area contributed by atoms with Gasteiger partial charge in [0.25, 0.3) is 0 Å². The van der Waals surface area contributed by atoms with Crippen molar-refractivity contribution in [2.75, 3.05) is 25.1 Å². The molecule has 0 atom stereocenters. The number of amides is 1. The zero-order chi connectivity index (χ0) is 12.7. The van der Waals surface area contributed by atoms with E-state index >= 15 is 0 Å². The molecule has 1 N–H and O–H groups in total. The predicted molar refractivity (Wildman–Crippen MR) is 67.4 cm³/mol. The number of carbonyl (C=O) groups excluding carboxylic acids is 1. The molecule has 17 heavy (non-hydrogen) atoms. The number of rotatable bonds is 5. The van der Waals surface area contributed by atoms with E-state index in [0.717, 1.165) is 16.8 Å². The summed E-state index contributed by atoms with van der Waals surface area (Å²) in [6, 6.07) is 5.88. The maximum atomic E-state index is 11.5. The number of carbonyl (C=O) groups is 1. The lowest BCUT2D eigenvalue weighted by Gasteiger charge is -2.09. The first-order valence-electron chi connectivity index (χ1n) is 5.72. The van der Waals surface area contributed by atoms with Crippen LogP contribution >= 0.6 is 0 Å². The van der Waals surface area contributed by atoms with Gasteiger partial charge in [0.2, 0.25) is 0 Å². The first-order valence-corrected chi connectivity index (χ1v) is 5.72. The SMILES string of the molecule is CCOCCOC(=O)Nc1cc(C)ccc1C. The molecule has 1 amide bonds. The van der Waals surface area contributed by atoms with Gasteiger partial charge in [-0.25, -0.2) is 4.79 Å². The fourth-order valence-corrected chi connectivity index (χ4v) is 1.35. The Morgan fingerprint density at radius 1 is 1.29 bits per heavy atom. The minimum absolute atomic E-state index is 0.268. The molecule has 1 aromatic carbocycles. The highest BCUT2D eigenvalue weighted by Crippen LogP contribution is 2.16. The summed E-state index contributed by atoms with van der Waals surface area (Å²) in [5.74, 6) is 0. The second-order valence-electron chi connectivity index (χ2n) is 3.78. The molecule has 4 heteroatoms. The molecule has 0 bridgehead atoms. The molecule has 0 fully saturated rings. The summed E-state index contributed by atoms with van der Waals surface area (Å²) in [6.45, 7) is 7.14. The van der Waals surface area contributed by atoms with Crippen LogP contribution in [0.5, 0.6) is 0 Å². The van der Waals surface area contributed by atoms with Crippen LogP contribution in [0.4, 0.5) is 10.5 Å². The van der Waals surface area contributed by atoms with Gasteiger partial charge < -0.3 is 9.47 Å². The highest BCUT2D eigenvalue weighted by atomic mass is 16.6. The Labute approximate surface area is 102 Å². The van der Waals surface area contributed by atoms with Crippen molar-refractivity contribution < 1.29 is 14.3 Å². The molecule has 0 aliphatic rings. The maximum absolute atomic E-state index is 11.5. The Kier molecular flexibility index (Phi) is 5.49. The van der Waals surface area contributed by atoms with Gasteiger partial charge in [0.15, 0.2) is 0 Å². The molecule has 0 saturated carbocycles. The zero-order valence-electron chi connectivity index (χ0n) is 10.6. The molecule has 94 valence electrons. The van der Waals surface area contributed by atoms with Crippen molar-refractivity contribution in [3.63, 3.8) is 0 Å². The molecular formula is C13H19NO3. The van der Waals surface area contributed by atoms with Crippen LogP contribution in [-0.4, -0.2) is 25.9 Å². The summed E-state index contributed by atoms with van der Waals surface area (Å²) in [6.07, 6.45) is -0.446. The van der Waals surface area contributed by atoms with Gasteiger partial charge >= 0.3 is 6.09 Å². The molecule has 0 saturated heterocycles. The first-order chi connectivity index (χ1) is 8.13. The van der Waals surface area contributed by atoms with Crippen molar-refractivity contribution in [2.45, 2.75) is 20.8 Å². The van der Waals surface area contributed by atoms with Crippen molar-refractivity contribution in [3.05, 3.63) is 29.3 Å². The van der Waals surface area contributed by atoms with Crippen molar-refractivity contribution in [1.82, 2.24) is 0 Å². The van der Waals surface area contributed by atoms with E-state index in [1.165, 1.54) is 0 Å². The molecule has 0 aromatic heterocycles. The average molecular weight is 237 g/mol. The van der Waals surface area contributed by atoms with Crippen LogP contribution in [0.15, 0.2) is 18.2 Å². The van der Waals surface area contributed by atoms with Crippen LogP contribution in [-0.2, 0) is 9.47 Å². The lowest BCUT2D eigenvalue weighted by atomic mass is 10.1. The predicted octanol–water partition coefficient (Wildman–Crippen LogP) is 2.89. The Balaban J connectivity index is 2.42. The van der Waals surface area contributed by atoms with Crippen LogP contribution in [0.3, 0.4) is 0 Å². The molecule has 0 spiro atoms. The van der Waals surface area contributed by atoms with Gasteiger partial charge in [-0.2, -0.15) is 0 Å². The number of anilines is 1. The first kappa shape index (κ1) is 13.5. The van der Waals surface area contributed by atoms with Crippen LogP contribution in [0.25, 0.3) is 0 Å². The molecule has 1 aromatic rings. The Hall–Kier alpha value is -1.55. The van der Waals surface area contributed by atoms with Crippen LogP contribution in [0, 0.1) is 13.8 Å². The van der Waals surface area contributed by atoms with Crippen LogP contribution in [0.1, 0.15) is 18.1 Å². The van der Waals surface area contributed by atoms with Gasteiger partial charge in [-0.15, -0.1) is 0 Å². The summed E-state index contributed by atoms with van der Waals surface area (Å²) < 4.78 is 10.0. The van der Waals surface area contributed by atoms with Crippen molar-refractivity contribution in [2.24, 2.45) is 0 Å². The van der Waals surface area contributed by atoms with Gasteiger partial charge in [-0.05, 0) is 38.0 Å². The van der Waals surface area contributed by atoms with Crippen LogP contribution < -0.4 is 5.32 Å². The van der Waals surface area contributed by atoms with E-state index < -0.39 is 6.09 Å². The van der Waals surface area contributed by atoms with Crippen molar-refractivity contribution >= 4 is 11.8 Å². The number of ether oxygens (including phenoxy) is 2. The average Bonchev–Trinajstić information content (AvgIpc) is 2.29. The van der Waals surface area contributed by atoms with E-state index in [9.17, 15) is 4.79 Å². The minimum atomic E-state index is -0.446. The van der Waals surface area contributed by atoms with E-state index in [1.54, 1.807) is 0 Å². The van der Waals surface area contributed by atoms with Gasteiger partial charge in [-0.1, -0.05) is 12.1 Å².